The maximum atomic E-state index is 13.0. The van der Waals surface area contributed by atoms with Crippen LogP contribution < -0.4 is 4.72 Å². The Morgan fingerprint density at radius 1 is 1.33 bits per heavy atom. The van der Waals surface area contributed by atoms with Crippen molar-refractivity contribution >= 4 is 10.0 Å². The molecule has 2 rings (SSSR count). The fourth-order valence-electron chi connectivity index (χ4n) is 1.74. The van der Waals surface area contributed by atoms with Crippen LogP contribution in [0.4, 0.5) is 8.78 Å². The molecule has 1 aliphatic rings. The molecule has 0 aliphatic carbocycles. The smallest absolute Gasteiger partial charge is 0.240 e. The van der Waals surface area contributed by atoms with Gasteiger partial charge in [0.2, 0.25) is 10.0 Å². The van der Waals surface area contributed by atoms with E-state index >= 15 is 0 Å². The van der Waals surface area contributed by atoms with E-state index in [0.29, 0.717) is 12.7 Å². The molecule has 0 bridgehead atoms. The maximum absolute atomic E-state index is 13.0. The molecule has 1 aromatic carbocycles. The first kappa shape index (κ1) is 13.4. The zero-order chi connectivity index (χ0) is 13.2. The highest BCUT2D eigenvalue weighted by molar-refractivity contribution is 7.89. The van der Waals surface area contributed by atoms with Crippen molar-refractivity contribution in [3.63, 3.8) is 0 Å². The molecule has 1 N–H and O–H groups in total. The average molecular weight is 277 g/mol. The van der Waals surface area contributed by atoms with E-state index in [0.717, 1.165) is 25.0 Å². The fraction of sp³-hybridized carbons (Fsp3) is 0.455. The largest absolute Gasteiger partial charge is 0.377 e. The Labute approximate surface area is 104 Å². The number of nitrogens with one attached hydrogen (secondary N) is 1. The van der Waals surface area contributed by atoms with E-state index in [1.165, 1.54) is 0 Å². The average Bonchev–Trinajstić information content (AvgIpc) is 2.83. The number of hydrogen-bond acceptors (Lipinski definition) is 3. The molecule has 1 aromatic rings. The van der Waals surface area contributed by atoms with Crippen molar-refractivity contribution in [3.8, 4) is 0 Å². The van der Waals surface area contributed by atoms with E-state index in [-0.39, 0.29) is 17.5 Å². The van der Waals surface area contributed by atoms with Gasteiger partial charge in [-0.2, -0.15) is 0 Å². The molecule has 7 heteroatoms. The molecule has 4 nitrogen and oxygen atoms in total. The summed E-state index contributed by atoms with van der Waals surface area (Å²) in [6.45, 7) is 0.763. The molecule has 0 aromatic heterocycles. The van der Waals surface area contributed by atoms with Gasteiger partial charge in [-0.3, -0.25) is 0 Å². The molecule has 18 heavy (non-hydrogen) atoms. The second-order valence-corrected chi connectivity index (χ2v) is 5.83. The second-order valence-electron chi connectivity index (χ2n) is 4.06. The zero-order valence-electron chi connectivity index (χ0n) is 9.53. The summed E-state index contributed by atoms with van der Waals surface area (Å²) < 4.78 is 56.8. The summed E-state index contributed by atoms with van der Waals surface area (Å²) in [6, 6.07) is 2.47. The lowest BCUT2D eigenvalue weighted by atomic mass is 10.2. The van der Waals surface area contributed by atoms with E-state index in [9.17, 15) is 17.2 Å². The van der Waals surface area contributed by atoms with Crippen LogP contribution >= 0.6 is 0 Å². The van der Waals surface area contributed by atoms with Gasteiger partial charge in [-0.05, 0) is 31.0 Å². The van der Waals surface area contributed by atoms with Crippen molar-refractivity contribution in [2.75, 3.05) is 13.2 Å². The minimum absolute atomic E-state index is 0.140. The van der Waals surface area contributed by atoms with Crippen LogP contribution in [0.1, 0.15) is 12.8 Å². The van der Waals surface area contributed by atoms with Gasteiger partial charge >= 0.3 is 0 Å². The summed E-state index contributed by atoms with van der Waals surface area (Å²) in [7, 11) is -3.82. The Hall–Kier alpha value is -1.05. The van der Waals surface area contributed by atoms with E-state index in [1.807, 2.05) is 0 Å². The van der Waals surface area contributed by atoms with Crippen LogP contribution in [-0.2, 0) is 14.8 Å². The molecule has 1 atom stereocenters. The third-order valence-electron chi connectivity index (χ3n) is 2.73. The first-order valence-electron chi connectivity index (χ1n) is 5.55. The van der Waals surface area contributed by atoms with Crippen LogP contribution in [0, 0.1) is 11.6 Å². The van der Waals surface area contributed by atoms with Crippen LogP contribution in [0.15, 0.2) is 23.1 Å². The Morgan fingerprint density at radius 3 is 2.72 bits per heavy atom. The Morgan fingerprint density at radius 2 is 2.11 bits per heavy atom. The lowest BCUT2D eigenvalue weighted by Crippen LogP contribution is -2.31. The molecule has 1 fully saturated rings. The molecule has 1 aliphatic heterocycles. The molecule has 0 saturated carbocycles. The normalized spacial score (nSPS) is 20.2. The van der Waals surface area contributed by atoms with Gasteiger partial charge in [0.25, 0.3) is 0 Å². The molecular weight excluding hydrogens is 264 g/mol. The van der Waals surface area contributed by atoms with Crippen molar-refractivity contribution in [1.29, 1.82) is 0 Å². The van der Waals surface area contributed by atoms with Crippen LogP contribution in [0.5, 0.6) is 0 Å². The van der Waals surface area contributed by atoms with Crippen LogP contribution in [-0.4, -0.2) is 27.7 Å². The summed E-state index contributed by atoms with van der Waals surface area (Å²) in [6.07, 6.45) is 1.54. The van der Waals surface area contributed by atoms with Crippen molar-refractivity contribution in [3.05, 3.63) is 29.8 Å². The van der Waals surface area contributed by atoms with E-state index in [1.54, 1.807) is 0 Å². The molecule has 1 heterocycles. The molecule has 0 spiro atoms. The summed E-state index contributed by atoms with van der Waals surface area (Å²) in [5.74, 6) is -2.26. The van der Waals surface area contributed by atoms with Gasteiger partial charge in [-0.15, -0.1) is 0 Å². The molecule has 100 valence electrons. The van der Waals surface area contributed by atoms with Gasteiger partial charge in [-0.25, -0.2) is 21.9 Å². The lowest BCUT2D eigenvalue weighted by molar-refractivity contribution is 0.114. The predicted molar refractivity (Wildman–Crippen MR) is 60.5 cm³/mol. The monoisotopic (exact) mass is 277 g/mol. The topological polar surface area (TPSA) is 55.4 Å². The van der Waals surface area contributed by atoms with Gasteiger partial charge in [0, 0.05) is 13.2 Å². The number of ether oxygens (including phenoxy) is 1. The summed E-state index contributed by atoms with van der Waals surface area (Å²) in [5.41, 5.74) is 0. The van der Waals surface area contributed by atoms with E-state index in [4.69, 9.17) is 4.74 Å². The van der Waals surface area contributed by atoms with Gasteiger partial charge in [0.15, 0.2) is 11.6 Å². The third kappa shape index (κ3) is 3.04. The highest BCUT2D eigenvalue weighted by Gasteiger charge is 2.21. The van der Waals surface area contributed by atoms with Crippen LogP contribution in [0.3, 0.4) is 0 Å². The van der Waals surface area contributed by atoms with Crippen molar-refractivity contribution in [2.45, 2.75) is 23.8 Å². The Kier molecular flexibility index (Phi) is 3.94. The van der Waals surface area contributed by atoms with E-state index < -0.39 is 21.7 Å². The zero-order valence-corrected chi connectivity index (χ0v) is 10.3. The van der Waals surface area contributed by atoms with Gasteiger partial charge in [0.1, 0.15) is 0 Å². The number of rotatable bonds is 4. The minimum atomic E-state index is -3.82. The van der Waals surface area contributed by atoms with Gasteiger partial charge in [0.05, 0.1) is 11.0 Å². The molecule has 0 unspecified atom stereocenters. The lowest BCUT2D eigenvalue weighted by Gasteiger charge is -2.11. The molecule has 0 amide bonds. The summed E-state index contributed by atoms with van der Waals surface area (Å²) in [5, 5.41) is 0. The third-order valence-corrected chi connectivity index (χ3v) is 4.15. The number of halogens is 2. The Bertz CT molecular complexity index is 527. The SMILES string of the molecule is O=S(=O)(NC[C@H]1CCCO1)c1ccc(F)c(F)c1. The highest BCUT2D eigenvalue weighted by Crippen LogP contribution is 2.15. The second kappa shape index (κ2) is 5.29. The quantitative estimate of drug-likeness (QED) is 0.905. The summed E-state index contributed by atoms with van der Waals surface area (Å²) >= 11 is 0. The first-order valence-corrected chi connectivity index (χ1v) is 7.04. The molecule has 0 radical (unpaired) electrons. The summed E-state index contributed by atoms with van der Waals surface area (Å²) in [4.78, 5) is -0.292. The minimum Gasteiger partial charge on any atom is -0.377 e. The van der Waals surface area contributed by atoms with Crippen molar-refractivity contribution in [1.82, 2.24) is 4.72 Å². The number of sulfonamides is 1. The maximum Gasteiger partial charge on any atom is 0.240 e. The molecular formula is C11H13F2NO3S. The highest BCUT2D eigenvalue weighted by atomic mass is 32.2. The fourth-order valence-corrected chi connectivity index (χ4v) is 2.81. The van der Waals surface area contributed by atoms with Crippen LogP contribution in [0.25, 0.3) is 0 Å². The first-order chi connectivity index (χ1) is 8.49. The molecule has 1 saturated heterocycles. The van der Waals surface area contributed by atoms with E-state index in [2.05, 4.69) is 4.72 Å². The Balaban J connectivity index is 2.07. The van der Waals surface area contributed by atoms with Gasteiger partial charge in [-0.1, -0.05) is 0 Å². The van der Waals surface area contributed by atoms with Crippen LogP contribution in [0.2, 0.25) is 0 Å². The predicted octanol–water partition coefficient (Wildman–Crippen LogP) is 1.42. The number of hydrogen-bond donors (Lipinski definition) is 1. The standard InChI is InChI=1S/C11H13F2NO3S/c12-10-4-3-9(6-11(10)13)18(15,16)14-7-8-2-1-5-17-8/h3-4,6,8,14H,1-2,5,7H2/t8-/m1/s1. The van der Waals surface area contributed by atoms with Crippen molar-refractivity contribution in [2.24, 2.45) is 0 Å². The van der Waals surface area contributed by atoms with Crippen molar-refractivity contribution < 1.29 is 21.9 Å². The number of benzene rings is 1. The van der Waals surface area contributed by atoms with Gasteiger partial charge < -0.3 is 4.74 Å².